The third kappa shape index (κ3) is 3.18. The molecule has 0 radical (unpaired) electrons. The van der Waals surface area contributed by atoms with Crippen molar-refractivity contribution in [2.45, 2.75) is 17.5 Å². The summed E-state index contributed by atoms with van der Waals surface area (Å²) in [5.41, 5.74) is 14.9. The Morgan fingerprint density at radius 2 is 1.26 bits per heavy atom. The Morgan fingerprint density at radius 3 is 2.17 bits per heavy atom. The summed E-state index contributed by atoms with van der Waals surface area (Å²) in [7, 11) is 0. The largest absolute Gasteiger partial charge is 0.361 e. The van der Waals surface area contributed by atoms with E-state index in [1.165, 1.54) is 72.0 Å². The Hall–Kier alpha value is -5.93. The van der Waals surface area contributed by atoms with Crippen molar-refractivity contribution >= 4 is 27.6 Å². The molecule has 1 spiro atoms. The number of nitrogens with zero attached hydrogens (tertiary/aromatic N) is 2. The second-order valence-electron chi connectivity index (χ2n) is 13.1. The topological polar surface area (TPSA) is 29.3 Å². The molecule has 7 aromatic rings. The highest BCUT2D eigenvalue weighted by Gasteiger charge is 2.50. The van der Waals surface area contributed by atoms with E-state index in [9.17, 15) is 0 Å². The summed E-state index contributed by atoms with van der Waals surface area (Å²) >= 11 is 0. The number of amidine groups is 1. The maximum Gasteiger partial charge on any atom is 0.129 e. The van der Waals surface area contributed by atoms with E-state index in [0.29, 0.717) is 0 Å². The molecule has 47 heavy (non-hydrogen) atoms. The number of rotatable bonds is 2. The zero-order chi connectivity index (χ0) is 30.7. The van der Waals surface area contributed by atoms with Gasteiger partial charge in [0.05, 0.1) is 34.2 Å². The minimum absolute atomic E-state index is 0.172. The Kier molecular flexibility index (Phi) is 4.89. The summed E-state index contributed by atoms with van der Waals surface area (Å²) < 4.78 is 2.51. The van der Waals surface area contributed by atoms with Crippen molar-refractivity contribution in [2.24, 2.45) is 4.99 Å². The van der Waals surface area contributed by atoms with Crippen molar-refractivity contribution in [1.29, 1.82) is 0 Å². The maximum absolute atomic E-state index is 4.95. The zero-order valence-corrected chi connectivity index (χ0v) is 25.6. The van der Waals surface area contributed by atoms with E-state index in [2.05, 4.69) is 168 Å². The SMILES string of the molecule is C1=CC2N=C(c3ccc(-c4ccc5c(c4)C4(c6ccccc6-5)c5ccccc5-n5c6ccccc6c6cccc4c65)cc3)NC2C=C1. The van der Waals surface area contributed by atoms with Gasteiger partial charge in [0.1, 0.15) is 5.84 Å². The lowest BCUT2D eigenvalue weighted by Gasteiger charge is -2.39. The van der Waals surface area contributed by atoms with Crippen molar-refractivity contribution in [3.8, 4) is 27.9 Å². The fourth-order valence-electron chi connectivity index (χ4n) is 8.92. The summed E-state index contributed by atoms with van der Waals surface area (Å²) in [5.74, 6) is 0.966. The molecule has 3 heteroatoms. The Bertz CT molecular complexity index is 2560. The quantitative estimate of drug-likeness (QED) is 0.211. The van der Waals surface area contributed by atoms with Crippen LogP contribution in [-0.2, 0) is 5.41 Å². The van der Waals surface area contributed by atoms with Crippen LogP contribution in [0, 0.1) is 0 Å². The minimum Gasteiger partial charge on any atom is -0.361 e. The average molecular weight is 600 g/mol. The number of aliphatic imine (C=N–C) groups is 1. The minimum atomic E-state index is -0.442. The zero-order valence-electron chi connectivity index (χ0n) is 25.6. The maximum atomic E-state index is 4.95. The third-order valence-electron chi connectivity index (χ3n) is 10.9. The van der Waals surface area contributed by atoms with Gasteiger partial charge in [0, 0.05) is 16.3 Å². The fourth-order valence-corrected chi connectivity index (χ4v) is 8.92. The van der Waals surface area contributed by atoms with Crippen LogP contribution in [0.4, 0.5) is 0 Å². The second-order valence-corrected chi connectivity index (χ2v) is 13.1. The van der Waals surface area contributed by atoms with Gasteiger partial charge in [-0.25, -0.2) is 0 Å². The van der Waals surface area contributed by atoms with Gasteiger partial charge in [0.25, 0.3) is 0 Å². The summed E-state index contributed by atoms with van der Waals surface area (Å²) in [5, 5.41) is 6.20. The molecule has 0 saturated heterocycles. The molecule has 3 unspecified atom stereocenters. The molecule has 3 heterocycles. The summed E-state index contributed by atoms with van der Waals surface area (Å²) in [6.07, 6.45) is 8.54. The van der Waals surface area contributed by atoms with Crippen LogP contribution in [-0.4, -0.2) is 22.5 Å². The van der Waals surface area contributed by atoms with Gasteiger partial charge in [-0.2, -0.15) is 0 Å². The van der Waals surface area contributed by atoms with Gasteiger partial charge in [-0.05, 0) is 62.7 Å². The monoisotopic (exact) mass is 599 g/mol. The number of aromatic nitrogens is 1. The highest BCUT2D eigenvalue weighted by molar-refractivity contribution is 6.13. The molecule has 0 amide bonds. The Morgan fingerprint density at radius 1 is 0.553 bits per heavy atom. The van der Waals surface area contributed by atoms with E-state index in [1.54, 1.807) is 0 Å². The normalized spacial score (nSPS) is 21.0. The highest BCUT2D eigenvalue weighted by atomic mass is 15.1. The smallest absolute Gasteiger partial charge is 0.129 e. The molecular formula is C44H29N3. The number of para-hydroxylation sites is 3. The van der Waals surface area contributed by atoms with Crippen LogP contribution in [0.1, 0.15) is 27.8 Å². The summed E-state index contributed by atoms with van der Waals surface area (Å²) in [6, 6.07) is 50.3. The molecule has 11 rings (SSSR count). The number of hydrogen-bond acceptors (Lipinski definition) is 2. The van der Waals surface area contributed by atoms with Gasteiger partial charge in [-0.1, -0.05) is 140 Å². The summed E-state index contributed by atoms with van der Waals surface area (Å²) in [6.45, 7) is 0. The van der Waals surface area contributed by atoms with E-state index >= 15 is 0 Å². The van der Waals surface area contributed by atoms with Crippen molar-refractivity contribution in [1.82, 2.24) is 9.88 Å². The predicted octanol–water partition coefficient (Wildman–Crippen LogP) is 9.34. The molecule has 0 bridgehead atoms. The highest BCUT2D eigenvalue weighted by Crippen LogP contribution is 2.61. The fraction of sp³-hybridized carbons (Fsp3) is 0.0682. The molecule has 1 aromatic heterocycles. The van der Waals surface area contributed by atoms with Crippen LogP contribution in [0.3, 0.4) is 0 Å². The van der Waals surface area contributed by atoms with Crippen molar-refractivity contribution in [3.05, 3.63) is 186 Å². The molecule has 220 valence electrons. The molecule has 3 atom stereocenters. The third-order valence-corrected chi connectivity index (χ3v) is 10.9. The first kappa shape index (κ1) is 25.3. The lowest BCUT2D eigenvalue weighted by molar-refractivity contribution is 0.695. The molecule has 1 N–H and O–H groups in total. The van der Waals surface area contributed by atoms with E-state index in [-0.39, 0.29) is 12.1 Å². The number of benzene rings is 6. The van der Waals surface area contributed by atoms with Crippen molar-refractivity contribution < 1.29 is 0 Å². The average Bonchev–Trinajstić information content (AvgIpc) is 3.81. The lowest BCUT2D eigenvalue weighted by Crippen LogP contribution is -2.33. The van der Waals surface area contributed by atoms with Gasteiger partial charge in [0.2, 0.25) is 0 Å². The van der Waals surface area contributed by atoms with Gasteiger partial charge >= 0.3 is 0 Å². The van der Waals surface area contributed by atoms with Gasteiger partial charge in [0.15, 0.2) is 0 Å². The molecular weight excluding hydrogens is 571 g/mol. The number of allylic oxidation sites excluding steroid dienone is 2. The second kappa shape index (κ2) is 9.08. The van der Waals surface area contributed by atoms with E-state index in [0.717, 1.165) is 11.4 Å². The summed E-state index contributed by atoms with van der Waals surface area (Å²) in [4.78, 5) is 4.95. The molecule has 3 nitrogen and oxygen atoms in total. The lowest BCUT2D eigenvalue weighted by atomic mass is 9.65. The first-order valence-electron chi connectivity index (χ1n) is 16.5. The number of nitrogens with one attached hydrogen (secondary N) is 1. The van der Waals surface area contributed by atoms with Gasteiger partial charge in [-0.3, -0.25) is 4.99 Å². The van der Waals surface area contributed by atoms with E-state index in [1.807, 2.05) is 0 Å². The Balaban J connectivity index is 1.15. The number of fused-ring (bicyclic) bond motifs is 13. The molecule has 2 aliphatic heterocycles. The van der Waals surface area contributed by atoms with Crippen LogP contribution in [0.15, 0.2) is 163 Å². The molecule has 0 fully saturated rings. The number of hydrogen-bond donors (Lipinski definition) is 1. The van der Waals surface area contributed by atoms with E-state index < -0.39 is 5.41 Å². The van der Waals surface area contributed by atoms with Crippen LogP contribution in [0.25, 0.3) is 49.7 Å². The van der Waals surface area contributed by atoms with Crippen LogP contribution in [0.5, 0.6) is 0 Å². The standard InChI is InChI=1S/C44H29N3/c1-3-13-34-30(10-1)31-25-24-29(27-20-22-28(23-21-27)43-45-38-16-5-6-17-39(38)46-43)26-37(31)44(34)35-14-4-8-19-41(35)47-40-18-7-2-11-32(40)33-12-9-15-36(44)42(33)47/h1-26,38-39H,(H,45,46). The first-order chi connectivity index (χ1) is 23.3. The van der Waals surface area contributed by atoms with Crippen molar-refractivity contribution in [3.63, 3.8) is 0 Å². The molecule has 4 aliphatic rings. The molecule has 2 aliphatic carbocycles. The van der Waals surface area contributed by atoms with Crippen LogP contribution in [0.2, 0.25) is 0 Å². The van der Waals surface area contributed by atoms with Gasteiger partial charge in [-0.15, -0.1) is 0 Å². The molecule has 6 aromatic carbocycles. The van der Waals surface area contributed by atoms with Crippen molar-refractivity contribution in [2.75, 3.05) is 0 Å². The van der Waals surface area contributed by atoms with Gasteiger partial charge < -0.3 is 9.88 Å². The molecule has 0 saturated carbocycles. The Labute approximate surface area is 272 Å². The van der Waals surface area contributed by atoms with Crippen LogP contribution < -0.4 is 5.32 Å². The van der Waals surface area contributed by atoms with E-state index in [4.69, 9.17) is 4.99 Å². The van der Waals surface area contributed by atoms with Crippen LogP contribution >= 0.6 is 0 Å². The first-order valence-corrected chi connectivity index (χ1v) is 16.5. The predicted molar refractivity (Wildman–Crippen MR) is 193 cm³/mol.